The fourth-order valence-electron chi connectivity index (χ4n) is 3.93. The molecule has 0 spiro atoms. The van der Waals surface area contributed by atoms with Crippen molar-refractivity contribution in [1.29, 1.82) is 0 Å². The Morgan fingerprint density at radius 1 is 1.21 bits per heavy atom. The number of nitrogens with zero attached hydrogens (tertiary/aromatic N) is 3. The number of halogens is 2. The maximum absolute atomic E-state index is 13.6. The first kappa shape index (κ1) is 23.2. The average molecular weight is 466 g/mol. The smallest absolute Gasteiger partial charge is 0.262 e. The van der Waals surface area contributed by atoms with E-state index in [1.165, 1.54) is 17.2 Å². The summed E-state index contributed by atoms with van der Waals surface area (Å²) in [5.74, 6) is -2.84. The van der Waals surface area contributed by atoms with Gasteiger partial charge in [0.1, 0.15) is 5.75 Å². The molecule has 4 rings (SSSR count). The van der Waals surface area contributed by atoms with Crippen LogP contribution in [0.2, 0.25) is 0 Å². The van der Waals surface area contributed by atoms with Gasteiger partial charge in [0.15, 0.2) is 11.6 Å². The van der Waals surface area contributed by atoms with Crippen LogP contribution >= 0.6 is 0 Å². The highest BCUT2D eigenvalue weighted by atomic mass is 19.2. The number of hydrogen-bond acceptors (Lipinski definition) is 4. The van der Waals surface area contributed by atoms with Crippen molar-refractivity contribution in [2.75, 3.05) is 13.7 Å². The van der Waals surface area contributed by atoms with Crippen LogP contribution in [0.15, 0.2) is 55.0 Å². The Labute approximate surface area is 195 Å². The van der Waals surface area contributed by atoms with E-state index < -0.39 is 23.5 Å². The second kappa shape index (κ2) is 9.86. The van der Waals surface area contributed by atoms with E-state index in [0.717, 1.165) is 29.1 Å². The summed E-state index contributed by atoms with van der Waals surface area (Å²) in [4.78, 5) is 29.5. The number of rotatable bonds is 6. The molecule has 1 aromatic heterocycles. The summed E-state index contributed by atoms with van der Waals surface area (Å²) in [5, 5.41) is 1.23. The van der Waals surface area contributed by atoms with E-state index in [0.29, 0.717) is 30.7 Å². The van der Waals surface area contributed by atoms with Crippen molar-refractivity contribution >= 4 is 17.9 Å². The number of piperidine rings is 1. The molecule has 0 radical (unpaired) electrons. The van der Waals surface area contributed by atoms with Crippen LogP contribution in [-0.2, 0) is 9.59 Å². The third kappa shape index (κ3) is 4.98. The van der Waals surface area contributed by atoms with Gasteiger partial charge in [-0.1, -0.05) is 12.1 Å². The molecule has 0 saturated carbocycles. The number of aryl methyl sites for hydroxylation is 1. The molecule has 7 nitrogen and oxygen atoms in total. The van der Waals surface area contributed by atoms with Crippen molar-refractivity contribution in [2.24, 2.45) is 0 Å². The number of imidazole rings is 1. The fraction of sp³-hybridized carbons (Fsp3) is 0.240. The minimum absolute atomic E-state index is 0.339. The number of carbonyl (C=O) groups excluding carboxylic acids is 2. The average Bonchev–Trinajstić information content (AvgIpc) is 3.26. The molecule has 1 N–H and O–H groups in total. The molecule has 1 saturated heterocycles. The van der Waals surface area contributed by atoms with Crippen LogP contribution in [0, 0.1) is 18.6 Å². The Kier molecular flexibility index (Phi) is 6.72. The molecule has 0 bridgehead atoms. The molecule has 3 aromatic rings. The number of ether oxygens (including phenoxy) is 1. The number of aromatic nitrogens is 2. The first-order chi connectivity index (χ1) is 16.4. The zero-order valence-electron chi connectivity index (χ0n) is 18.8. The highest BCUT2D eigenvalue weighted by Crippen LogP contribution is 2.29. The van der Waals surface area contributed by atoms with Crippen molar-refractivity contribution in [3.05, 3.63) is 83.5 Å². The maximum Gasteiger partial charge on any atom is 0.262 e. The summed E-state index contributed by atoms with van der Waals surface area (Å²) in [6.07, 6.45) is 7.62. The minimum Gasteiger partial charge on any atom is -0.495 e. The number of hydrogen-bond donors (Lipinski definition) is 1. The van der Waals surface area contributed by atoms with E-state index in [4.69, 9.17) is 4.74 Å². The number of carbonyl (C=O) groups is 2. The quantitative estimate of drug-likeness (QED) is 0.559. The van der Waals surface area contributed by atoms with Gasteiger partial charge >= 0.3 is 0 Å². The van der Waals surface area contributed by atoms with Gasteiger partial charge in [0.05, 0.1) is 30.7 Å². The summed E-state index contributed by atoms with van der Waals surface area (Å²) >= 11 is 0. The molecule has 2 heterocycles. The molecular formula is C25H24F2N4O3. The number of methoxy groups -OCH3 is 1. The number of nitrogens with one attached hydrogen (secondary N) is 1. The Bertz CT molecular complexity index is 1250. The summed E-state index contributed by atoms with van der Waals surface area (Å²) in [6, 6.07) is 8.92. The molecule has 1 atom stereocenters. The lowest BCUT2D eigenvalue weighted by molar-refractivity contribution is -0.143. The summed E-state index contributed by atoms with van der Waals surface area (Å²) in [5.41, 5.74) is 5.39. The Hall–Kier alpha value is -4.01. The number of benzene rings is 2. The van der Waals surface area contributed by atoms with E-state index >= 15 is 0 Å². The van der Waals surface area contributed by atoms with Crippen molar-refractivity contribution in [2.45, 2.75) is 25.7 Å². The van der Waals surface area contributed by atoms with Gasteiger partial charge in [0.25, 0.3) is 5.91 Å². The van der Waals surface area contributed by atoms with Crippen LogP contribution in [-0.4, -0.2) is 40.0 Å². The van der Waals surface area contributed by atoms with E-state index in [-0.39, 0.29) is 5.91 Å². The summed E-state index contributed by atoms with van der Waals surface area (Å²) in [7, 11) is 1.56. The molecule has 2 aromatic carbocycles. The largest absolute Gasteiger partial charge is 0.495 e. The topological polar surface area (TPSA) is 76.5 Å². The molecule has 1 aliphatic heterocycles. The Balaban J connectivity index is 1.43. The van der Waals surface area contributed by atoms with Gasteiger partial charge < -0.3 is 9.30 Å². The maximum atomic E-state index is 13.6. The lowest BCUT2D eigenvalue weighted by atomic mass is 9.90. The van der Waals surface area contributed by atoms with Crippen molar-refractivity contribution < 1.29 is 23.1 Å². The highest BCUT2D eigenvalue weighted by Gasteiger charge is 2.31. The van der Waals surface area contributed by atoms with Gasteiger partial charge in [-0.15, -0.1) is 0 Å². The van der Waals surface area contributed by atoms with Gasteiger partial charge in [0.2, 0.25) is 5.91 Å². The molecule has 9 heteroatoms. The van der Waals surface area contributed by atoms with Crippen LogP contribution in [0.25, 0.3) is 11.8 Å². The van der Waals surface area contributed by atoms with Crippen LogP contribution in [0.3, 0.4) is 0 Å². The van der Waals surface area contributed by atoms with E-state index in [2.05, 4.69) is 10.4 Å². The standard InChI is InChI=1S/C25H24F2N4O3/c1-16-14-30(15-28-16)22-9-5-17(12-23(22)34-2)6-10-24(32)29-31-11-3-4-19(25(31)33)18-7-8-20(26)21(27)13-18/h5-10,12-15,19H,3-4,11H2,1-2H3,(H,29,32). The zero-order chi connectivity index (χ0) is 24.2. The van der Waals surface area contributed by atoms with Gasteiger partial charge in [-0.05, 0) is 61.2 Å². The third-order valence-corrected chi connectivity index (χ3v) is 5.65. The van der Waals surface area contributed by atoms with Crippen molar-refractivity contribution in [3.8, 4) is 11.4 Å². The Morgan fingerprint density at radius 2 is 2.03 bits per heavy atom. The monoisotopic (exact) mass is 466 g/mol. The van der Waals surface area contributed by atoms with E-state index in [1.807, 2.05) is 29.8 Å². The summed E-state index contributed by atoms with van der Waals surface area (Å²) < 4.78 is 34.2. The molecular weight excluding hydrogens is 442 g/mol. The lowest BCUT2D eigenvalue weighted by Crippen LogP contribution is -2.50. The predicted octanol–water partition coefficient (Wildman–Crippen LogP) is 3.92. The number of amides is 2. The van der Waals surface area contributed by atoms with Gasteiger partial charge in [-0.25, -0.2) is 13.8 Å². The molecule has 1 aliphatic rings. The lowest BCUT2D eigenvalue weighted by Gasteiger charge is -2.32. The minimum atomic E-state index is -1.00. The number of hydrazine groups is 1. The molecule has 1 unspecified atom stereocenters. The molecule has 1 fully saturated rings. The third-order valence-electron chi connectivity index (χ3n) is 5.65. The van der Waals surface area contributed by atoms with Crippen LogP contribution in [0.4, 0.5) is 8.78 Å². The van der Waals surface area contributed by atoms with Crippen LogP contribution in [0.5, 0.6) is 5.75 Å². The van der Waals surface area contributed by atoms with Crippen LogP contribution < -0.4 is 10.2 Å². The van der Waals surface area contributed by atoms with Crippen molar-refractivity contribution in [3.63, 3.8) is 0 Å². The highest BCUT2D eigenvalue weighted by molar-refractivity contribution is 5.94. The van der Waals surface area contributed by atoms with Gasteiger partial charge in [-0.3, -0.25) is 20.0 Å². The fourth-order valence-corrected chi connectivity index (χ4v) is 3.93. The second-order valence-electron chi connectivity index (χ2n) is 8.02. The normalized spacial score (nSPS) is 16.2. The van der Waals surface area contributed by atoms with E-state index in [1.54, 1.807) is 25.6 Å². The van der Waals surface area contributed by atoms with Gasteiger partial charge in [-0.2, -0.15) is 0 Å². The molecule has 176 valence electrons. The van der Waals surface area contributed by atoms with E-state index in [9.17, 15) is 18.4 Å². The first-order valence-corrected chi connectivity index (χ1v) is 10.8. The zero-order valence-corrected chi connectivity index (χ0v) is 18.8. The van der Waals surface area contributed by atoms with Gasteiger partial charge in [0, 0.05) is 18.8 Å². The molecule has 34 heavy (non-hydrogen) atoms. The van der Waals surface area contributed by atoms with Crippen molar-refractivity contribution in [1.82, 2.24) is 20.0 Å². The SMILES string of the molecule is COc1cc(C=CC(=O)NN2CCCC(c3ccc(F)c(F)c3)C2=O)ccc1-n1cnc(C)c1. The Morgan fingerprint density at radius 3 is 2.74 bits per heavy atom. The van der Waals surface area contributed by atoms with Crippen LogP contribution in [0.1, 0.15) is 35.6 Å². The molecule has 2 amide bonds. The predicted molar refractivity (Wildman–Crippen MR) is 122 cm³/mol. The second-order valence-corrected chi connectivity index (χ2v) is 8.02. The summed E-state index contributed by atoms with van der Waals surface area (Å²) in [6.45, 7) is 2.23. The molecule has 0 aliphatic carbocycles. The first-order valence-electron chi connectivity index (χ1n) is 10.8.